The predicted molar refractivity (Wildman–Crippen MR) is 122 cm³/mol. The summed E-state index contributed by atoms with van der Waals surface area (Å²) in [5.41, 5.74) is 2.59. The average molecular weight is 496 g/mol. The lowest BCUT2D eigenvalue weighted by Crippen LogP contribution is -2.25. The van der Waals surface area contributed by atoms with Crippen LogP contribution in [-0.2, 0) is 17.9 Å². The Morgan fingerprint density at radius 3 is 2.38 bits per heavy atom. The highest BCUT2D eigenvalue weighted by Gasteiger charge is 2.38. The number of carboxylic acid groups (broad SMARTS) is 1. The number of aliphatic carboxylic acids is 1. The number of hydrogen-bond acceptors (Lipinski definition) is 6. The second kappa shape index (κ2) is 10.7. The van der Waals surface area contributed by atoms with E-state index in [2.05, 4.69) is 19.9 Å². The SMILES string of the molecule is CN(C)c1ncc(-c2cc(C(=O)NCc3cccs3)n(CC3CC3)c2)cn1.O=C(O)C(F)(F)F. The van der Waals surface area contributed by atoms with Gasteiger partial charge in [-0.05, 0) is 36.3 Å². The zero-order chi connectivity index (χ0) is 24.9. The van der Waals surface area contributed by atoms with E-state index in [1.807, 2.05) is 61.2 Å². The largest absolute Gasteiger partial charge is 0.490 e. The van der Waals surface area contributed by atoms with Crippen molar-refractivity contribution in [1.29, 1.82) is 0 Å². The summed E-state index contributed by atoms with van der Waals surface area (Å²) in [4.78, 5) is 33.5. The second-order valence-corrected chi connectivity index (χ2v) is 8.97. The van der Waals surface area contributed by atoms with Crippen molar-refractivity contribution in [1.82, 2.24) is 19.9 Å². The molecule has 0 unspecified atom stereocenters. The Kier molecular flexibility index (Phi) is 7.92. The monoisotopic (exact) mass is 495 g/mol. The van der Waals surface area contributed by atoms with Gasteiger partial charge in [0, 0.05) is 55.2 Å². The summed E-state index contributed by atoms with van der Waals surface area (Å²) in [7, 11) is 3.83. The number of alkyl halides is 3. The first-order valence-electron chi connectivity index (χ1n) is 10.3. The van der Waals surface area contributed by atoms with Gasteiger partial charge >= 0.3 is 12.1 Å². The molecule has 1 saturated carbocycles. The molecule has 1 fully saturated rings. The van der Waals surface area contributed by atoms with Gasteiger partial charge in [-0.2, -0.15) is 13.2 Å². The third kappa shape index (κ3) is 7.04. The van der Waals surface area contributed by atoms with Crippen molar-refractivity contribution in [2.75, 3.05) is 19.0 Å². The molecule has 0 atom stereocenters. The lowest BCUT2D eigenvalue weighted by molar-refractivity contribution is -0.192. The second-order valence-electron chi connectivity index (χ2n) is 7.94. The quantitative estimate of drug-likeness (QED) is 0.513. The molecule has 3 aromatic rings. The first-order chi connectivity index (χ1) is 16.0. The smallest absolute Gasteiger partial charge is 0.475 e. The number of nitrogens with zero attached hydrogens (tertiary/aromatic N) is 4. The fourth-order valence-corrected chi connectivity index (χ4v) is 3.61. The van der Waals surface area contributed by atoms with Gasteiger partial charge in [-0.25, -0.2) is 14.8 Å². The van der Waals surface area contributed by atoms with Crippen LogP contribution in [0, 0.1) is 5.92 Å². The van der Waals surface area contributed by atoms with Crippen LogP contribution in [0.25, 0.3) is 11.1 Å². The van der Waals surface area contributed by atoms with Crippen LogP contribution in [0.2, 0.25) is 0 Å². The van der Waals surface area contributed by atoms with E-state index in [-0.39, 0.29) is 5.91 Å². The summed E-state index contributed by atoms with van der Waals surface area (Å²) < 4.78 is 33.8. The summed E-state index contributed by atoms with van der Waals surface area (Å²) in [5.74, 6) is -1.44. The van der Waals surface area contributed by atoms with Gasteiger partial charge in [-0.1, -0.05) is 6.07 Å². The highest BCUT2D eigenvalue weighted by molar-refractivity contribution is 7.09. The summed E-state index contributed by atoms with van der Waals surface area (Å²) in [6.07, 6.45) is 3.07. The van der Waals surface area contributed by atoms with Crippen LogP contribution in [0.15, 0.2) is 42.2 Å². The van der Waals surface area contributed by atoms with Gasteiger partial charge in [-0.3, -0.25) is 4.79 Å². The van der Waals surface area contributed by atoms with Crippen molar-refractivity contribution in [2.24, 2.45) is 5.92 Å². The fraction of sp³-hybridized carbons (Fsp3) is 0.364. The van der Waals surface area contributed by atoms with Gasteiger partial charge < -0.3 is 19.9 Å². The van der Waals surface area contributed by atoms with E-state index >= 15 is 0 Å². The van der Waals surface area contributed by atoms with Gasteiger partial charge in [-0.15, -0.1) is 11.3 Å². The van der Waals surface area contributed by atoms with E-state index in [0.717, 1.165) is 22.5 Å². The maximum atomic E-state index is 12.8. The first-order valence-corrected chi connectivity index (χ1v) is 11.2. The molecule has 0 bridgehead atoms. The predicted octanol–water partition coefficient (Wildman–Crippen LogP) is 4.05. The Morgan fingerprint density at radius 1 is 1.24 bits per heavy atom. The summed E-state index contributed by atoms with van der Waals surface area (Å²) >= 11 is 1.65. The van der Waals surface area contributed by atoms with Crippen LogP contribution in [0.5, 0.6) is 0 Å². The Morgan fingerprint density at radius 2 is 1.88 bits per heavy atom. The van der Waals surface area contributed by atoms with Crippen LogP contribution in [-0.4, -0.2) is 51.8 Å². The first kappa shape index (κ1) is 25.2. The minimum Gasteiger partial charge on any atom is -0.475 e. The molecule has 0 radical (unpaired) electrons. The van der Waals surface area contributed by atoms with Crippen molar-refractivity contribution in [3.05, 3.63) is 52.7 Å². The zero-order valence-electron chi connectivity index (χ0n) is 18.5. The van der Waals surface area contributed by atoms with Gasteiger partial charge in [0.15, 0.2) is 0 Å². The Labute approximate surface area is 198 Å². The molecule has 1 amide bonds. The molecule has 8 nitrogen and oxygen atoms in total. The number of halogens is 3. The topological polar surface area (TPSA) is 100 Å². The number of amides is 1. The van der Waals surface area contributed by atoms with E-state index in [0.29, 0.717) is 24.1 Å². The van der Waals surface area contributed by atoms with Crippen LogP contribution in [0.3, 0.4) is 0 Å². The fourth-order valence-electron chi connectivity index (χ4n) is 2.96. The van der Waals surface area contributed by atoms with E-state index in [9.17, 15) is 18.0 Å². The minimum absolute atomic E-state index is 0.0406. The molecule has 182 valence electrons. The van der Waals surface area contributed by atoms with E-state index in [1.165, 1.54) is 12.8 Å². The minimum atomic E-state index is -5.08. The average Bonchev–Trinajstić information content (AvgIpc) is 3.26. The van der Waals surface area contributed by atoms with Crippen molar-refractivity contribution in [3.63, 3.8) is 0 Å². The molecule has 1 aliphatic rings. The van der Waals surface area contributed by atoms with Crippen LogP contribution in [0.1, 0.15) is 28.2 Å². The Bertz CT molecular complexity index is 1110. The number of carbonyl (C=O) groups is 2. The number of carboxylic acids is 1. The van der Waals surface area contributed by atoms with Crippen LogP contribution in [0.4, 0.5) is 19.1 Å². The van der Waals surface area contributed by atoms with Gasteiger partial charge in [0.25, 0.3) is 5.91 Å². The number of rotatable bonds is 7. The lowest BCUT2D eigenvalue weighted by Gasteiger charge is -2.09. The van der Waals surface area contributed by atoms with Crippen molar-refractivity contribution in [3.8, 4) is 11.1 Å². The zero-order valence-corrected chi connectivity index (χ0v) is 19.4. The number of anilines is 1. The van der Waals surface area contributed by atoms with E-state index in [4.69, 9.17) is 9.90 Å². The molecule has 4 rings (SSSR count). The molecule has 3 heterocycles. The van der Waals surface area contributed by atoms with Crippen LogP contribution < -0.4 is 10.2 Å². The Hall–Kier alpha value is -3.41. The van der Waals surface area contributed by atoms with Gasteiger partial charge in [0.1, 0.15) is 5.69 Å². The maximum Gasteiger partial charge on any atom is 0.490 e. The molecule has 0 spiro atoms. The molecular formula is C22H24F3N5O3S. The van der Waals surface area contributed by atoms with Crippen LogP contribution >= 0.6 is 11.3 Å². The summed E-state index contributed by atoms with van der Waals surface area (Å²) in [6.45, 7) is 1.44. The van der Waals surface area contributed by atoms with Crippen molar-refractivity contribution >= 4 is 29.2 Å². The number of carbonyl (C=O) groups excluding carboxylic acids is 1. The van der Waals surface area contributed by atoms with E-state index < -0.39 is 12.1 Å². The van der Waals surface area contributed by atoms with Crippen molar-refractivity contribution in [2.45, 2.75) is 32.1 Å². The molecule has 34 heavy (non-hydrogen) atoms. The molecule has 1 aliphatic carbocycles. The standard InChI is InChI=1S/C20H23N5OS.C2HF3O2/c1-24(2)20-22-9-16(10-23-20)15-8-18(25(13-15)12-14-5-6-14)19(26)21-11-17-4-3-7-27-17;3-2(4,5)1(6)7/h3-4,7-10,13-14H,5-6,11-12H2,1-2H3,(H,21,26);(H,6,7). The summed E-state index contributed by atoms with van der Waals surface area (Å²) in [5, 5.41) is 12.2. The number of thiophene rings is 1. The molecule has 0 aliphatic heterocycles. The van der Waals surface area contributed by atoms with E-state index in [1.54, 1.807) is 11.3 Å². The highest BCUT2D eigenvalue weighted by Crippen LogP contribution is 2.32. The maximum absolute atomic E-state index is 12.8. The molecule has 0 saturated heterocycles. The third-order valence-electron chi connectivity index (χ3n) is 4.90. The molecule has 3 aromatic heterocycles. The number of nitrogens with one attached hydrogen (secondary N) is 1. The molecule has 12 heteroatoms. The summed E-state index contributed by atoms with van der Waals surface area (Å²) in [6, 6.07) is 5.97. The molecule has 2 N–H and O–H groups in total. The van der Waals surface area contributed by atoms with Crippen molar-refractivity contribution < 1.29 is 27.9 Å². The van der Waals surface area contributed by atoms with Gasteiger partial charge in [0.2, 0.25) is 5.95 Å². The third-order valence-corrected chi connectivity index (χ3v) is 5.77. The molecule has 0 aromatic carbocycles. The normalized spacial score (nSPS) is 13.1. The number of aromatic nitrogens is 3. The van der Waals surface area contributed by atoms with Gasteiger partial charge in [0.05, 0.1) is 6.54 Å². The highest BCUT2D eigenvalue weighted by atomic mass is 32.1. The number of hydrogen-bond donors (Lipinski definition) is 2. The lowest BCUT2D eigenvalue weighted by atomic mass is 10.2. The molecular weight excluding hydrogens is 471 g/mol. The Balaban J connectivity index is 0.000000406.